The second-order valence-corrected chi connectivity index (χ2v) is 6.07. The first-order valence-electron chi connectivity index (χ1n) is 8.15. The Labute approximate surface area is 141 Å². The Morgan fingerprint density at radius 2 is 2.04 bits per heavy atom. The number of fused-ring (bicyclic) bond motifs is 1. The Hall–Kier alpha value is -2.18. The Morgan fingerprint density at radius 1 is 1.25 bits per heavy atom. The van der Waals surface area contributed by atoms with Crippen LogP contribution in [0.3, 0.4) is 0 Å². The third-order valence-corrected chi connectivity index (χ3v) is 4.31. The molecule has 6 heteroatoms. The predicted molar refractivity (Wildman–Crippen MR) is 95.2 cm³/mol. The van der Waals surface area contributed by atoms with Crippen molar-refractivity contribution in [2.24, 2.45) is 5.73 Å². The number of likely N-dealkylation sites (N-methyl/N-ethyl adjacent to an activating group) is 1. The van der Waals surface area contributed by atoms with Crippen LogP contribution in [-0.4, -0.2) is 56.3 Å². The van der Waals surface area contributed by atoms with E-state index in [1.807, 2.05) is 24.3 Å². The number of nitrogens with zero attached hydrogens (tertiary/aromatic N) is 3. The van der Waals surface area contributed by atoms with Gasteiger partial charge in [-0.15, -0.1) is 0 Å². The number of nitrogens with two attached hydrogens (primary N) is 1. The van der Waals surface area contributed by atoms with Crippen LogP contribution in [-0.2, 0) is 0 Å². The van der Waals surface area contributed by atoms with Gasteiger partial charge in [-0.25, -0.2) is 9.37 Å². The Balaban J connectivity index is 1.73. The van der Waals surface area contributed by atoms with Crippen LogP contribution < -0.4 is 15.4 Å². The molecular formula is C18H23FN4O. The molecule has 2 aromatic rings. The summed E-state index contributed by atoms with van der Waals surface area (Å²) in [5, 5.41) is 1.00. The lowest BCUT2D eigenvalue weighted by atomic mass is 10.2. The fraction of sp³-hybridized carbons (Fsp3) is 0.389. The normalized spacial score (nSPS) is 16.6. The third-order valence-electron chi connectivity index (χ3n) is 4.31. The molecule has 1 aliphatic heterocycles. The monoisotopic (exact) mass is 330 g/mol. The molecule has 3 rings (SSSR count). The minimum atomic E-state index is 0.153. The number of rotatable bonds is 5. The molecule has 24 heavy (non-hydrogen) atoms. The first kappa shape index (κ1) is 16.7. The van der Waals surface area contributed by atoms with Gasteiger partial charge in [0.05, 0.1) is 11.8 Å². The maximum absolute atomic E-state index is 12.5. The van der Waals surface area contributed by atoms with Gasteiger partial charge >= 0.3 is 0 Å². The number of hydrogen-bond donors (Lipinski definition) is 1. The fourth-order valence-corrected chi connectivity index (χ4v) is 2.71. The first-order valence-corrected chi connectivity index (χ1v) is 8.15. The molecule has 0 atom stereocenters. The number of hydrogen-bond acceptors (Lipinski definition) is 5. The van der Waals surface area contributed by atoms with E-state index in [-0.39, 0.29) is 13.2 Å². The number of piperazine rings is 1. The molecule has 0 unspecified atom stereocenters. The Kier molecular flexibility index (Phi) is 5.27. The smallest absolute Gasteiger partial charge is 0.129 e. The van der Waals surface area contributed by atoms with Crippen molar-refractivity contribution in [3.63, 3.8) is 0 Å². The van der Waals surface area contributed by atoms with Crippen molar-refractivity contribution in [3.05, 3.63) is 42.2 Å². The van der Waals surface area contributed by atoms with Crippen molar-refractivity contribution in [1.29, 1.82) is 0 Å². The fourth-order valence-electron chi connectivity index (χ4n) is 2.71. The van der Waals surface area contributed by atoms with Gasteiger partial charge in [0.1, 0.15) is 18.2 Å². The van der Waals surface area contributed by atoms with E-state index >= 15 is 0 Å². The van der Waals surface area contributed by atoms with Crippen LogP contribution in [0.4, 0.5) is 10.2 Å². The molecule has 1 aliphatic rings. The van der Waals surface area contributed by atoms with Crippen molar-refractivity contribution in [2.45, 2.75) is 0 Å². The number of pyridine rings is 1. The molecular weight excluding hydrogens is 307 g/mol. The van der Waals surface area contributed by atoms with Crippen molar-refractivity contribution in [3.8, 4) is 5.75 Å². The van der Waals surface area contributed by atoms with Gasteiger partial charge < -0.3 is 20.3 Å². The maximum atomic E-state index is 12.5. The summed E-state index contributed by atoms with van der Waals surface area (Å²) in [4.78, 5) is 9.38. The summed E-state index contributed by atoms with van der Waals surface area (Å²) in [5.41, 5.74) is 6.79. The largest absolute Gasteiger partial charge is 0.489 e. The minimum absolute atomic E-state index is 0.153. The molecule has 1 aromatic carbocycles. The second kappa shape index (κ2) is 7.59. The van der Waals surface area contributed by atoms with E-state index in [9.17, 15) is 4.39 Å². The van der Waals surface area contributed by atoms with E-state index in [0.29, 0.717) is 17.7 Å². The van der Waals surface area contributed by atoms with Crippen molar-refractivity contribution in [2.75, 3.05) is 51.3 Å². The summed E-state index contributed by atoms with van der Waals surface area (Å²) in [6.07, 6.45) is 0.505. The summed E-state index contributed by atoms with van der Waals surface area (Å²) in [5.74, 6) is 1.69. The van der Waals surface area contributed by atoms with E-state index < -0.39 is 0 Å². The summed E-state index contributed by atoms with van der Waals surface area (Å²) >= 11 is 0. The highest BCUT2D eigenvalue weighted by molar-refractivity contribution is 5.81. The highest BCUT2D eigenvalue weighted by Crippen LogP contribution is 2.23. The average molecular weight is 330 g/mol. The van der Waals surface area contributed by atoms with Crippen LogP contribution in [0.2, 0.25) is 0 Å². The summed E-state index contributed by atoms with van der Waals surface area (Å²) < 4.78 is 18.1. The standard InChI is InChI=1S/C18H23FN4O/c1-22-6-8-23(9-7-22)18-5-2-15-10-16(3-4-17(15)21-18)24-13-14(11-19)12-20/h2-5,10-11H,6-9,12-13,20H2,1H3/b14-11+. The van der Waals surface area contributed by atoms with E-state index in [0.717, 1.165) is 42.9 Å². The maximum Gasteiger partial charge on any atom is 0.129 e. The first-order chi connectivity index (χ1) is 11.7. The van der Waals surface area contributed by atoms with E-state index in [2.05, 4.69) is 22.9 Å². The topological polar surface area (TPSA) is 54.6 Å². The average Bonchev–Trinajstić information content (AvgIpc) is 2.62. The molecule has 0 spiro atoms. The van der Waals surface area contributed by atoms with Gasteiger partial charge in [-0.3, -0.25) is 0 Å². The van der Waals surface area contributed by atoms with Crippen molar-refractivity contribution < 1.29 is 9.13 Å². The van der Waals surface area contributed by atoms with Gasteiger partial charge in [0, 0.05) is 43.7 Å². The SMILES string of the molecule is CN1CCN(c2ccc3cc(OC/C(=C/F)CN)ccc3n2)CC1. The zero-order chi connectivity index (χ0) is 16.9. The zero-order valence-corrected chi connectivity index (χ0v) is 13.9. The van der Waals surface area contributed by atoms with Crippen molar-refractivity contribution in [1.82, 2.24) is 9.88 Å². The van der Waals surface area contributed by atoms with Gasteiger partial charge in [-0.05, 0) is 37.4 Å². The molecule has 2 heterocycles. The molecule has 0 bridgehead atoms. The van der Waals surface area contributed by atoms with Crippen LogP contribution in [0.5, 0.6) is 5.75 Å². The molecule has 2 N–H and O–H groups in total. The molecule has 1 fully saturated rings. The summed E-state index contributed by atoms with van der Waals surface area (Å²) in [6.45, 7) is 4.41. The lowest BCUT2D eigenvalue weighted by molar-refractivity contribution is 0.312. The molecule has 5 nitrogen and oxygen atoms in total. The number of benzene rings is 1. The molecule has 0 radical (unpaired) electrons. The third kappa shape index (κ3) is 3.83. The van der Waals surface area contributed by atoms with Crippen LogP contribution in [0, 0.1) is 0 Å². The minimum Gasteiger partial charge on any atom is -0.489 e. The van der Waals surface area contributed by atoms with Gasteiger partial charge in [0.25, 0.3) is 0 Å². The van der Waals surface area contributed by atoms with E-state index in [1.54, 1.807) is 0 Å². The Morgan fingerprint density at radius 3 is 2.75 bits per heavy atom. The number of anilines is 1. The number of aromatic nitrogens is 1. The molecule has 128 valence electrons. The molecule has 0 saturated carbocycles. The lowest BCUT2D eigenvalue weighted by Crippen LogP contribution is -2.44. The Bertz CT molecular complexity index is 726. The van der Waals surface area contributed by atoms with Gasteiger partial charge in [-0.2, -0.15) is 0 Å². The van der Waals surface area contributed by atoms with Gasteiger partial charge in [-0.1, -0.05) is 0 Å². The molecule has 1 aromatic heterocycles. The van der Waals surface area contributed by atoms with Crippen LogP contribution in [0.1, 0.15) is 0 Å². The molecule has 0 amide bonds. The van der Waals surface area contributed by atoms with Crippen molar-refractivity contribution >= 4 is 16.7 Å². The number of halogens is 1. The van der Waals surface area contributed by atoms with E-state index in [4.69, 9.17) is 15.5 Å². The van der Waals surface area contributed by atoms with Crippen LogP contribution >= 0.6 is 0 Å². The quantitative estimate of drug-likeness (QED) is 0.911. The second-order valence-electron chi connectivity index (χ2n) is 6.07. The lowest BCUT2D eigenvalue weighted by Gasteiger charge is -2.33. The number of ether oxygens (including phenoxy) is 1. The molecule has 0 aliphatic carbocycles. The summed E-state index contributed by atoms with van der Waals surface area (Å²) in [6, 6.07) is 9.81. The highest BCUT2D eigenvalue weighted by Gasteiger charge is 2.15. The zero-order valence-electron chi connectivity index (χ0n) is 13.9. The van der Waals surface area contributed by atoms with Crippen LogP contribution in [0.15, 0.2) is 42.2 Å². The molecule has 1 saturated heterocycles. The van der Waals surface area contributed by atoms with E-state index in [1.165, 1.54) is 0 Å². The van der Waals surface area contributed by atoms with Gasteiger partial charge in [0.2, 0.25) is 0 Å². The van der Waals surface area contributed by atoms with Gasteiger partial charge in [0.15, 0.2) is 0 Å². The summed E-state index contributed by atoms with van der Waals surface area (Å²) in [7, 11) is 2.14. The van der Waals surface area contributed by atoms with Crippen LogP contribution in [0.25, 0.3) is 10.9 Å². The highest BCUT2D eigenvalue weighted by atomic mass is 19.1. The predicted octanol–water partition coefficient (Wildman–Crippen LogP) is 2.18.